The second kappa shape index (κ2) is 19.8. The Kier molecular flexibility index (Phi) is 11.1. The van der Waals surface area contributed by atoms with Gasteiger partial charge in [0.25, 0.3) is 0 Å². The van der Waals surface area contributed by atoms with Crippen LogP contribution in [0.3, 0.4) is 0 Å². The molecule has 0 saturated heterocycles. The Hall–Kier alpha value is -8.78. The maximum Gasteiger partial charge on any atom is 0.0714 e. The third-order valence-electron chi connectivity index (χ3n) is 13.4. The van der Waals surface area contributed by atoms with Gasteiger partial charge in [0.1, 0.15) is 0 Å². The predicted octanol–water partition coefficient (Wildman–Crippen LogP) is 18.4. The number of hydrogen-bond donors (Lipinski definition) is 0. The monoisotopic (exact) mass is 899 g/mol. The van der Waals surface area contributed by atoms with Crippen LogP contribution in [0.25, 0.3) is 51.1 Å². The molecule has 0 saturated carbocycles. The Morgan fingerprint density at radius 1 is 0.429 bits per heavy atom. The number of hydrogen-bond acceptors (Lipinski definition) is 1. The van der Waals surface area contributed by atoms with E-state index in [1.165, 1.54) is 5.56 Å². The van der Waals surface area contributed by atoms with Crippen LogP contribution in [0.2, 0.25) is 0 Å². The molecule has 0 aromatic heterocycles. The van der Waals surface area contributed by atoms with E-state index in [0.29, 0.717) is 16.9 Å². The third-order valence-corrected chi connectivity index (χ3v) is 13.4. The molecule has 0 unspecified atom stereocenters. The van der Waals surface area contributed by atoms with Crippen LogP contribution < -0.4 is 4.90 Å². The van der Waals surface area contributed by atoms with E-state index in [-0.39, 0.29) is 35.4 Å². The molecule has 1 heteroatoms. The molecule has 0 spiro atoms. The van der Waals surface area contributed by atoms with E-state index < -0.39 is 5.41 Å². The van der Waals surface area contributed by atoms with E-state index in [1.54, 1.807) is 0 Å². The van der Waals surface area contributed by atoms with Gasteiger partial charge >= 0.3 is 0 Å². The Bertz CT molecular complexity index is 3630. The molecule has 334 valence electrons. The summed E-state index contributed by atoms with van der Waals surface area (Å²) in [6.07, 6.45) is 9.95. The van der Waals surface area contributed by atoms with Crippen LogP contribution in [0.1, 0.15) is 62.8 Å². The van der Waals surface area contributed by atoms with Gasteiger partial charge in [-0.25, -0.2) is 0 Å². The molecular weight excluding hydrogens is 843 g/mol. The van der Waals surface area contributed by atoms with Crippen molar-refractivity contribution in [2.45, 2.75) is 18.3 Å². The SMILES string of the molecule is [2H]c1c([2H])c(N(c2ccc(-c3ccc(/C(=C/c4ccccc4)c4ccccc4)cc3)cc2)c2ccc3c(c2)C(c2ccccc2)(c2ccccc2)c2ccccc2-3)c([2H])c([2H])c1-c1cccc(/C=C/CCC=C)c1. The van der Waals surface area contributed by atoms with Crippen molar-refractivity contribution in [2.24, 2.45) is 0 Å². The summed E-state index contributed by atoms with van der Waals surface area (Å²) in [5.74, 6) is 0. The molecule has 1 nitrogen and oxygen atoms in total. The van der Waals surface area contributed by atoms with Gasteiger partial charge in [-0.15, -0.1) is 6.58 Å². The summed E-state index contributed by atoms with van der Waals surface area (Å²) >= 11 is 0. The number of fused-ring (bicyclic) bond motifs is 3. The highest BCUT2D eigenvalue weighted by Crippen LogP contribution is 2.57. The zero-order valence-corrected chi connectivity index (χ0v) is 38.9. The Morgan fingerprint density at radius 3 is 1.66 bits per heavy atom. The number of rotatable bonds is 14. The van der Waals surface area contributed by atoms with Gasteiger partial charge in [0.15, 0.2) is 0 Å². The Morgan fingerprint density at radius 2 is 0.986 bits per heavy atom. The molecule has 70 heavy (non-hydrogen) atoms. The van der Waals surface area contributed by atoms with Crippen molar-refractivity contribution in [3.05, 3.63) is 324 Å². The van der Waals surface area contributed by atoms with Gasteiger partial charge in [-0.1, -0.05) is 237 Å². The van der Waals surface area contributed by atoms with Gasteiger partial charge in [-0.2, -0.15) is 0 Å². The van der Waals surface area contributed by atoms with Crippen LogP contribution in [-0.4, -0.2) is 0 Å². The fourth-order valence-electron chi connectivity index (χ4n) is 10.1. The molecule has 0 bridgehead atoms. The van der Waals surface area contributed by atoms with E-state index in [0.717, 1.165) is 79.6 Å². The number of unbranched alkanes of at least 4 members (excludes halogenated alkanes) is 1. The van der Waals surface area contributed by atoms with Gasteiger partial charge in [0.2, 0.25) is 0 Å². The lowest BCUT2D eigenvalue weighted by Gasteiger charge is -2.35. The average Bonchev–Trinajstić information content (AvgIpc) is 3.76. The molecule has 0 N–H and O–H groups in total. The van der Waals surface area contributed by atoms with Gasteiger partial charge in [-0.3, -0.25) is 0 Å². The van der Waals surface area contributed by atoms with Crippen LogP contribution >= 0.6 is 0 Å². The summed E-state index contributed by atoms with van der Waals surface area (Å²) in [4.78, 5) is 1.92. The number of allylic oxidation sites excluding steroid dienone is 2. The van der Waals surface area contributed by atoms with Gasteiger partial charge in [0.05, 0.1) is 10.9 Å². The van der Waals surface area contributed by atoms with Crippen LogP contribution in [0.15, 0.2) is 279 Å². The zero-order valence-electron chi connectivity index (χ0n) is 42.9. The largest absolute Gasteiger partial charge is 0.310 e. The number of nitrogens with zero attached hydrogens (tertiary/aromatic N) is 1. The van der Waals surface area contributed by atoms with Crippen LogP contribution in [-0.2, 0) is 5.41 Å². The maximum absolute atomic E-state index is 9.87. The lowest BCUT2D eigenvalue weighted by atomic mass is 9.67. The number of anilines is 3. The minimum absolute atomic E-state index is 0.108. The molecule has 0 aliphatic heterocycles. The van der Waals surface area contributed by atoms with E-state index in [4.69, 9.17) is 0 Å². The van der Waals surface area contributed by atoms with Gasteiger partial charge in [0, 0.05) is 17.1 Å². The molecule has 0 fully saturated rings. The van der Waals surface area contributed by atoms with E-state index in [1.807, 2.05) is 65.6 Å². The first-order chi connectivity index (χ1) is 36.3. The second-order valence-electron chi connectivity index (χ2n) is 17.7. The van der Waals surface area contributed by atoms with Crippen molar-refractivity contribution in [1.82, 2.24) is 0 Å². The lowest BCUT2D eigenvalue weighted by molar-refractivity contribution is 0.768. The molecule has 1 aliphatic rings. The van der Waals surface area contributed by atoms with E-state index in [9.17, 15) is 5.48 Å². The first kappa shape index (κ1) is 39.2. The molecule has 0 heterocycles. The summed E-state index contributed by atoms with van der Waals surface area (Å²) < 4.78 is 39.0. The van der Waals surface area contributed by atoms with Crippen molar-refractivity contribution in [2.75, 3.05) is 4.90 Å². The van der Waals surface area contributed by atoms with Crippen LogP contribution in [0.4, 0.5) is 17.1 Å². The summed E-state index contributed by atoms with van der Waals surface area (Å²) in [6, 6.07) is 81.2. The average molecular weight is 900 g/mol. The fraction of sp³-hybridized carbons (Fsp3) is 0.0435. The fourth-order valence-corrected chi connectivity index (χ4v) is 10.1. The molecule has 10 aromatic carbocycles. The molecule has 11 rings (SSSR count). The van der Waals surface area contributed by atoms with E-state index in [2.05, 4.69) is 207 Å². The van der Waals surface area contributed by atoms with E-state index >= 15 is 0 Å². The molecule has 10 aromatic rings. The molecule has 1 aliphatic carbocycles. The van der Waals surface area contributed by atoms with Crippen LogP contribution in [0, 0.1) is 0 Å². The topological polar surface area (TPSA) is 3.24 Å². The van der Waals surface area contributed by atoms with Gasteiger partial charge < -0.3 is 4.90 Å². The quantitative estimate of drug-likeness (QED) is 0.0597. The smallest absolute Gasteiger partial charge is 0.0714 e. The summed E-state index contributed by atoms with van der Waals surface area (Å²) in [7, 11) is 0. The molecular formula is C69H53N. The first-order valence-corrected chi connectivity index (χ1v) is 24.0. The van der Waals surface area contributed by atoms with Crippen LogP contribution in [0.5, 0.6) is 0 Å². The highest BCUT2D eigenvalue weighted by Gasteiger charge is 2.46. The first-order valence-electron chi connectivity index (χ1n) is 26.0. The molecule has 0 atom stereocenters. The Labute approximate surface area is 419 Å². The van der Waals surface area contributed by atoms with Crippen molar-refractivity contribution >= 4 is 34.8 Å². The highest BCUT2D eigenvalue weighted by molar-refractivity contribution is 5.93. The lowest BCUT2D eigenvalue weighted by Crippen LogP contribution is -2.28. The highest BCUT2D eigenvalue weighted by atomic mass is 15.1. The number of benzene rings is 10. The summed E-state index contributed by atoms with van der Waals surface area (Å²) in [5.41, 5.74) is 15.9. The minimum atomic E-state index is -0.702. The predicted molar refractivity (Wildman–Crippen MR) is 298 cm³/mol. The Balaban J connectivity index is 1.06. The molecule has 0 radical (unpaired) electrons. The minimum Gasteiger partial charge on any atom is -0.310 e. The normalized spacial score (nSPS) is 13.4. The van der Waals surface area contributed by atoms with Crippen molar-refractivity contribution < 1.29 is 5.48 Å². The van der Waals surface area contributed by atoms with Gasteiger partial charge in [-0.05, 0) is 145 Å². The summed E-state index contributed by atoms with van der Waals surface area (Å²) in [5, 5.41) is 0. The zero-order chi connectivity index (χ0) is 50.6. The van der Waals surface area contributed by atoms with Crippen molar-refractivity contribution in [3.8, 4) is 33.4 Å². The standard InChI is InChI=1S/C69H53N/c1-2-3-4-9-21-51-24-20-27-58(48-51)55-40-44-62(45-41-55)70(61-42-38-54(39-43-61)53-34-36-57(37-35-53)66(56-25-12-6-13-26-56)49-52-22-10-5-11-23-52)63-46-47-65-64-32-18-19-33-67(64)69(68(65)50-63,59-28-14-7-15-29-59)60-30-16-8-17-31-60/h2,5-50H,1,3-4H2/b21-9+,66-49+/i40D,41D,44D,45D. The molecule has 0 amide bonds. The van der Waals surface area contributed by atoms with Crippen molar-refractivity contribution in [1.29, 1.82) is 0 Å². The summed E-state index contributed by atoms with van der Waals surface area (Å²) in [6.45, 7) is 3.83. The second-order valence-corrected chi connectivity index (χ2v) is 17.7. The third kappa shape index (κ3) is 8.55. The van der Waals surface area contributed by atoms with Crippen molar-refractivity contribution in [3.63, 3.8) is 0 Å². The maximum atomic E-state index is 9.87.